The third kappa shape index (κ3) is 1.61. The standard InChI is InChI=1S/C13H15NO2/c1-15-12-7-6-10-9(8-14)4-3-5-11(10)13(12)16-2/h6-7,9H,3-5H2,1-2H3/t9-/m0/s1. The smallest absolute Gasteiger partial charge is 0.164 e. The molecular weight excluding hydrogens is 202 g/mol. The summed E-state index contributed by atoms with van der Waals surface area (Å²) in [5, 5.41) is 9.11. The molecule has 1 aromatic rings. The molecule has 0 saturated heterocycles. The number of benzene rings is 1. The van der Waals surface area contributed by atoms with Crippen LogP contribution in [0, 0.1) is 11.3 Å². The molecule has 1 aromatic carbocycles. The molecule has 2 rings (SSSR count). The van der Waals surface area contributed by atoms with Crippen molar-refractivity contribution in [3.8, 4) is 17.6 Å². The zero-order valence-corrected chi connectivity index (χ0v) is 9.62. The van der Waals surface area contributed by atoms with Gasteiger partial charge < -0.3 is 9.47 Å². The van der Waals surface area contributed by atoms with E-state index in [0.717, 1.165) is 41.9 Å². The monoisotopic (exact) mass is 217 g/mol. The fourth-order valence-electron chi connectivity index (χ4n) is 2.36. The molecule has 0 bridgehead atoms. The molecule has 0 spiro atoms. The Hall–Kier alpha value is -1.69. The lowest BCUT2D eigenvalue weighted by atomic mass is 9.83. The molecule has 0 unspecified atom stereocenters. The molecule has 1 aliphatic carbocycles. The van der Waals surface area contributed by atoms with Gasteiger partial charge in [0, 0.05) is 5.56 Å². The molecule has 0 heterocycles. The van der Waals surface area contributed by atoms with Gasteiger partial charge in [-0.3, -0.25) is 0 Å². The quantitative estimate of drug-likeness (QED) is 0.764. The van der Waals surface area contributed by atoms with E-state index in [-0.39, 0.29) is 5.92 Å². The van der Waals surface area contributed by atoms with E-state index in [2.05, 4.69) is 6.07 Å². The van der Waals surface area contributed by atoms with Crippen LogP contribution < -0.4 is 9.47 Å². The topological polar surface area (TPSA) is 42.2 Å². The summed E-state index contributed by atoms with van der Waals surface area (Å²) in [4.78, 5) is 0. The summed E-state index contributed by atoms with van der Waals surface area (Å²) in [6.07, 6.45) is 2.95. The summed E-state index contributed by atoms with van der Waals surface area (Å²) in [7, 11) is 3.28. The molecule has 16 heavy (non-hydrogen) atoms. The van der Waals surface area contributed by atoms with E-state index >= 15 is 0 Å². The lowest BCUT2D eigenvalue weighted by molar-refractivity contribution is 0.349. The molecule has 0 aliphatic heterocycles. The highest BCUT2D eigenvalue weighted by atomic mass is 16.5. The number of hydrogen-bond acceptors (Lipinski definition) is 3. The zero-order chi connectivity index (χ0) is 11.5. The first-order chi connectivity index (χ1) is 7.81. The van der Waals surface area contributed by atoms with E-state index in [1.807, 2.05) is 12.1 Å². The van der Waals surface area contributed by atoms with Gasteiger partial charge in [0.05, 0.1) is 26.2 Å². The SMILES string of the molecule is COc1ccc2c(c1OC)CCC[C@H]2C#N. The van der Waals surface area contributed by atoms with Crippen molar-refractivity contribution in [2.24, 2.45) is 0 Å². The maximum Gasteiger partial charge on any atom is 0.164 e. The molecular formula is C13H15NO2. The Morgan fingerprint density at radius 3 is 2.75 bits per heavy atom. The Bertz CT molecular complexity index is 434. The fourth-order valence-corrected chi connectivity index (χ4v) is 2.36. The van der Waals surface area contributed by atoms with E-state index in [4.69, 9.17) is 14.7 Å². The number of methoxy groups -OCH3 is 2. The van der Waals surface area contributed by atoms with E-state index in [1.54, 1.807) is 14.2 Å². The number of nitrogens with zero attached hydrogens (tertiary/aromatic N) is 1. The highest BCUT2D eigenvalue weighted by Crippen LogP contribution is 2.41. The van der Waals surface area contributed by atoms with Gasteiger partial charge in [-0.25, -0.2) is 0 Å². The van der Waals surface area contributed by atoms with Crippen molar-refractivity contribution in [2.75, 3.05) is 14.2 Å². The van der Waals surface area contributed by atoms with Crippen LogP contribution in [0.4, 0.5) is 0 Å². The molecule has 3 heteroatoms. The number of fused-ring (bicyclic) bond motifs is 1. The van der Waals surface area contributed by atoms with Gasteiger partial charge in [0.25, 0.3) is 0 Å². The zero-order valence-electron chi connectivity index (χ0n) is 9.62. The number of rotatable bonds is 2. The van der Waals surface area contributed by atoms with Crippen LogP contribution in [0.25, 0.3) is 0 Å². The Morgan fingerprint density at radius 1 is 1.31 bits per heavy atom. The number of nitriles is 1. The van der Waals surface area contributed by atoms with E-state index in [0.29, 0.717) is 0 Å². The average Bonchev–Trinajstić information content (AvgIpc) is 2.36. The van der Waals surface area contributed by atoms with Gasteiger partial charge in [0.15, 0.2) is 11.5 Å². The minimum absolute atomic E-state index is 0.00329. The molecule has 0 radical (unpaired) electrons. The third-order valence-electron chi connectivity index (χ3n) is 3.14. The van der Waals surface area contributed by atoms with Gasteiger partial charge in [-0.2, -0.15) is 5.26 Å². The highest BCUT2D eigenvalue weighted by molar-refractivity contribution is 5.53. The number of hydrogen-bond donors (Lipinski definition) is 0. The van der Waals surface area contributed by atoms with Crippen LogP contribution in [-0.2, 0) is 6.42 Å². The number of ether oxygens (including phenoxy) is 2. The van der Waals surface area contributed by atoms with Gasteiger partial charge in [0.1, 0.15) is 0 Å². The molecule has 0 fully saturated rings. The first-order valence-electron chi connectivity index (χ1n) is 5.45. The molecule has 0 aromatic heterocycles. The summed E-state index contributed by atoms with van der Waals surface area (Å²) >= 11 is 0. The average molecular weight is 217 g/mol. The lowest BCUT2D eigenvalue weighted by Crippen LogP contribution is -2.10. The Labute approximate surface area is 95.6 Å². The van der Waals surface area contributed by atoms with Gasteiger partial charge in [-0.15, -0.1) is 0 Å². The van der Waals surface area contributed by atoms with E-state index in [9.17, 15) is 0 Å². The minimum Gasteiger partial charge on any atom is -0.493 e. The van der Waals surface area contributed by atoms with Crippen molar-refractivity contribution in [1.82, 2.24) is 0 Å². The summed E-state index contributed by atoms with van der Waals surface area (Å²) in [6.45, 7) is 0. The van der Waals surface area contributed by atoms with Crippen LogP contribution in [-0.4, -0.2) is 14.2 Å². The molecule has 0 saturated carbocycles. The molecule has 1 atom stereocenters. The van der Waals surface area contributed by atoms with Crippen molar-refractivity contribution in [3.63, 3.8) is 0 Å². The molecule has 84 valence electrons. The van der Waals surface area contributed by atoms with Crippen LogP contribution in [0.5, 0.6) is 11.5 Å². The van der Waals surface area contributed by atoms with Crippen molar-refractivity contribution >= 4 is 0 Å². The summed E-state index contributed by atoms with van der Waals surface area (Å²) in [5.41, 5.74) is 2.24. The molecule has 3 nitrogen and oxygen atoms in total. The van der Waals surface area contributed by atoms with Crippen LogP contribution in [0.2, 0.25) is 0 Å². The Balaban J connectivity index is 2.55. The van der Waals surface area contributed by atoms with Crippen molar-refractivity contribution in [2.45, 2.75) is 25.2 Å². The maximum absolute atomic E-state index is 9.11. The summed E-state index contributed by atoms with van der Waals surface area (Å²) < 4.78 is 10.7. The first kappa shape index (κ1) is 10.8. The normalized spacial score (nSPS) is 18.4. The second-order valence-electron chi connectivity index (χ2n) is 3.94. The van der Waals surface area contributed by atoms with Crippen LogP contribution >= 0.6 is 0 Å². The Morgan fingerprint density at radius 2 is 2.12 bits per heavy atom. The van der Waals surface area contributed by atoms with Crippen molar-refractivity contribution < 1.29 is 9.47 Å². The maximum atomic E-state index is 9.11. The summed E-state index contributed by atoms with van der Waals surface area (Å²) in [6, 6.07) is 6.22. The fraction of sp³-hybridized carbons (Fsp3) is 0.462. The summed E-state index contributed by atoms with van der Waals surface area (Å²) in [5.74, 6) is 1.54. The first-order valence-corrected chi connectivity index (χ1v) is 5.45. The van der Waals surface area contributed by atoms with E-state index < -0.39 is 0 Å². The Kier molecular flexibility index (Phi) is 3.00. The van der Waals surface area contributed by atoms with Crippen LogP contribution in [0.3, 0.4) is 0 Å². The largest absolute Gasteiger partial charge is 0.493 e. The van der Waals surface area contributed by atoms with Gasteiger partial charge in [0.2, 0.25) is 0 Å². The predicted molar refractivity (Wildman–Crippen MR) is 60.8 cm³/mol. The third-order valence-corrected chi connectivity index (χ3v) is 3.14. The highest BCUT2D eigenvalue weighted by Gasteiger charge is 2.24. The second kappa shape index (κ2) is 4.44. The van der Waals surface area contributed by atoms with Gasteiger partial charge >= 0.3 is 0 Å². The molecule has 0 N–H and O–H groups in total. The second-order valence-corrected chi connectivity index (χ2v) is 3.94. The van der Waals surface area contributed by atoms with Crippen molar-refractivity contribution in [3.05, 3.63) is 23.3 Å². The minimum atomic E-state index is 0.00329. The molecule has 1 aliphatic rings. The van der Waals surface area contributed by atoms with Crippen LogP contribution in [0.15, 0.2) is 12.1 Å². The molecule has 0 amide bonds. The van der Waals surface area contributed by atoms with Crippen LogP contribution in [0.1, 0.15) is 29.9 Å². The van der Waals surface area contributed by atoms with E-state index in [1.165, 1.54) is 0 Å². The van der Waals surface area contributed by atoms with Gasteiger partial charge in [-0.1, -0.05) is 6.07 Å². The van der Waals surface area contributed by atoms with Crippen molar-refractivity contribution in [1.29, 1.82) is 5.26 Å². The predicted octanol–water partition coefficient (Wildman–Crippen LogP) is 2.65. The lowest BCUT2D eigenvalue weighted by Gasteiger charge is -2.23. The van der Waals surface area contributed by atoms with Gasteiger partial charge in [-0.05, 0) is 30.9 Å².